The largest absolute Gasteiger partial charge is 0.399 e. The first kappa shape index (κ1) is 17.1. The van der Waals surface area contributed by atoms with Gasteiger partial charge in [0.1, 0.15) is 4.90 Å². The highest BCUT2D eigenvalue weighted by molar-refractivity contribution is 7.89. The van der Waals surface area contributed by atoms with Gasteiger partial charge in [0.05, 0.1) is 5.69 Å². The molecular weight excluding hydrogens is 300 g/mol. The first-order chi connectivity index (χ1) is 10.4. The van der Waals surface area contributed by atoms with Crippen LogP contribution in [0.5, 0.6) is 0 Å². The Kier molecular flexibility index (Phi) is 5.31. The summed E-state index contributed by atoms with van der Waals surface area (Å²) in [6, 6.07) is 5.15. The summed E-state index contributed by atoms with van der Waals surface area (Å²) < 4.78 is 26.3. The van der Waals surface area contributed by atoms with Gasteiger partial charge in [-0.2, -0.15) is 0 Å². The fourth-order valence-electron chi connectivity index (χ4n) is 2.72. The number of nitrogens with zero attached hydrogens (tertiary/aromatic N) is 3. The minimum atomic E-state index is -3.51. The van der Waals surface area contributed by atoms with Crippen LogP contribution in [-0.4, -0.2) is 64.4 Å². The zero-order valence-corrected chi connectivity index (χ0v) is 14.4. The molecule has 1 saturated heterocycles. The van der Waals surface area contributed by atoms with E-state index in [1.54, 1.807) is 26.2 Å². The van der Waals surface area contributed by atoms with Gasteiger partial charge in [-0.3, -0.25) is 4.90 Å². The predicted molar refractivity (Wildman–Crippen MR) is 90.7 cm³/mol. The van der Waals surface area contributed by atoms with Crippen molar-refractivity contribution >= 4 is 21.4 Å². The average Bonchev–Trinajstić information content (AvgIpc) is 2.48. The minimum Gasteiger partial charge on any atom is -0.399 e. The van der Waals surface area contributed by atoms with E-state index in [1.807, 2.05) is 6.07 Å². The average molecular weight is 326 g/mol. The third kappa shape index (κ3) is 3.53. The molecule has 0 aliphatic carbocycles. The molecule has 2 N–H and O–H groups in total. The number of piperazine rings is 1. The molecule has 1 aliphatic rings. The SMILES string of the molecule is CCCN1CCN(c2ccc(N)cc2S(=O)(=O)N(C)C)CC1. The number of rotatable bonds is 5. The Morgan fingerprint density at radius 2 is 1.82 bits per heavy atom. The van der Waals surface area contributed by atoms with Crippen molar-refractivity contribution in [1.82, 2.24) is 9.21 Å². The van der Waals surface area contributed by atoms with Crippen molar-refractivity contribution in [2.24, 2.45) is 0 Å². The van der Waals surface area contributed by atoms with E-state index in [0.29, 0.717) is 10.6 Å². The van der Waals surface area contributed by atoms with Crippen LogP contribution in [0.2, 0.25) is 0 Å². The molecule has 0 aromatic heterocycles. The molecule has 0 atom stereocenters. The van der Waals surface area contributed by atoms with Gasteiger partial charge in [0.25, 0.3) is 0 Å². The van der Waals surface area contributed by atoms with Gasteiger partial charge in [-0.1, -0.05) is 6.92 Å². The lowest BCUT2D eigenvalue weighted by molar-refractivity contribution is 0.258. The molecule has 1 fully saturated rings. The topological polar surface area (TPSA) is 69.9 Å². The van der Waals surface area contributed by atoms with E-state index < -0.39 is 10.0 Å². The van der Waals surface area contributed by atoms with E-state index >= 15 is 0 Å². The van der Waals surface area contributed by atoms with Crippen molar-refractivity contribution in [2.45, 2.75) is 18.2 Å². The highest BCUT2D eigenvalue weighted by atomic mass is 32.2. The van der Waals surface area contributed by atoms with Crippen molar-refractivity contribution < 1.29 is 8.42 Å². The molecule has 2 rings (SSSR count). The standard InChI is InChI=1S/C15H26N4O2S/c1-4-7-18-8-10-19(11-9-18)14-6-5-13(16)12-15(14)22(20,21)17(2)3/h5-6,12H,4,7-11,16H2,1-3H3. The summed E-state index contributed by atoms with van der Waals surface area (Å²) >= 11 is 0. The number of benzene rings is 1. The number of sulfonamides is 1. The first-order valence-corrected chi connectivity index (χ1v) is 9.09. The molecule has 1 aliphatic heterocycles. The number of hydrogen-bond acceptors (Lipinski definition) is 5. The maximum absolute atomic E-state index is 12.5. The second-order valence-electron chi connectivity index (χ2n) is 5.84. The Labute approximate surface area is 133 Å². The van der Waals surface area contributed by atoms with Crippen LogP contribution in [0.25, 0.3) is 0 Å². The van der Waals surface area contributed by atoms with E-state index in [1.165, 1.54) is 4.31 Å². The lowest BCUT2D eigenvalue weighted by Gasteiger charge is -2.37. The van der Waals surface area contributed by atoms with Crippen LogP contribution in [0, 0.1) is 0 Å². The highest BCUT2D eigenvalue weighted by Gasteiger charge is 2.26. The lowest BCUT2D eigenvalue weighted by Crippen LogP contribution is -2.47. The smallest absolute Gasteiger partial charge is 0.244 e. The van der Waals surface area contributed by atoms with Gasteiger partial charge in [-0.15, -0.1) is 0 Å². The monoisotopic (exact) mass is 326 g/mol. The summed E-state index contributed by atoms with van der Waals surface area (Å²) in [4.78, 5) is 4.84. The number of anilines is 2. The van der Waals surface area contributed by atoms with Gasteiger partial charge < -0.3 is 10.6 Å². The van der Waals surface area contributed by atoms with Crippen LogP contribution in [0.1, 0.15) is 13.3 Å². The number of nitrogens with two attached hydrogens (primary N) is 1. The van der Waals surface area contributed by atoms with E-state index in [2.05, 4.69) is 16.7 Å². The zero-order chi connectivity index (χ0) is 16.3. The summed E-state index contributed by atoms with van der Waals surface area (Å²) in [6.45, 7) is 6.85. The normalized spacial score (nSPS) is 17.2. The molecule has 1 aromatic carbocycles. The molecule has 0 radical (unpaired) electrons. The van der Waals surface area contributed by atoms with Crippen LogP contribution in [0.15, 0.2) is 23.1 Å². The maximum atomic E-state index is 12.5. The van der Waals surface area contributed by atoms with Crippen molar-refractivity contribution in [1.29, 1.82) is 0 Å². The number of hydrogen-bond donors (Lipinski definition) is 1. The Morgan fingerprint density at radius 1 is 1.18 bits per heavy atom. The summed E-state index contributed by atoms with van der Waals surface area (Å²) in [5, 5.41) is 0. The van der Waals surface area contributed by atoms with Crippen molar-refractivity contribution in [3.05, 3.63) is 18.2 Å². The van der Waals surface area contributed by atoms with E-state index in [4.69, 9.17) is 5.73 Å². The molecule has 0 saturated carbocycles. The molecule has 0 amide bonds. The van der Waals surface area contributed by atoms with E-state index in [0.717, 1.165) is 44.8 Å². The summed E-state index contributed by atoms with van der Waals surface area (Å²) in [5.41, 5.74) is 7.02. The first-order valence-electron chi connectivity index (χ1n) is 7.65. The van der Waals surface area contributed by atoms with Gasteiger partial charge in [0.15, 0.2) is 0 Å². The van der Waals surface area contributed by atoms with Gasteiger partial charge in [-0.05, 0) is 31.2 Å². The van der Waals surface area contributed by atoms with Crippen molar-refractivity contribution in [3.8, 4) is 0 Å². The molecule has 6 nitrogen and oxygen atoms in total. The van der Waals surface area contributed by atoms with Gasteiger partial charge in [0, 0.05) is 46.0 Å². The lowest BCUT2D eigenvalue weighted by atomic mass is 10.2. The van der Waals surface area contributed by atoms with Crippen LogP contribution in [0.4, 0.5) is 11.4 Å². The molecular formula is C15H26N4O2S. The molecule has 7 heteroatoms. The van der Waals surface area contributed by atoms with Crippen molar-refractivity contribution in [2.75, 3.05) is 57.5 Å². The van der Waals surface area contributed by atoms with E-state index in [-0.39, 0.29) is 0 Å². The van der Waals surface area contributed by atoms with Crippen LogP contribution in [0.3, 0.4) is 0 Å². The number of nitrogen functional groups attached to an aromatic ring is 1. The fourth-order valence-corrected chi connectivity index (χ4v) is 3.86. The molecule has 22 heavy (non-hydrogen) atoms. The third-order valence-corrected chi connectivity index (χ3v) is 5.84. The third-order valence-electron chi connectivity index (χ3n) is 4.00. The summed E-state index contributed by atoms with van der Waals surface area (Å²) in [5.74, 6) is 0. The van der Waals surface area contributed by atoms with Crippen molar-refractivity contribution in [3.63, 3.8) is 0 Å². The quantitative estimate of drug-likeness (QED) is 0.819. The zero-order valence-electron chi connectivity index (χ0n) is 13.6. The summed E-state index contributed by atoms with van der Waals surface area (Å²) in [7, 11) is -0.419. The highest BCUT2D eigenvalue weighted by Crippen LogP contribution is 2.30. The van der Waals surface area contributed by atoms with Crippen LogP contribution in [-0.2, 0) is 10.0 Å². The van der Waals surface area contributed by atoms with E-state index in [9.17, 15) is 8.42 Å². The van der Waals surface area contributed by atoms with Crippen LogP contribution >= 0.6 is 0 Å². The summed E-state index contributed by atoms with van der Waals surface area (Å²) in [6.07, 6.45) is 1.14. The second-order valence-corrected chi connectivity index (χ2v) is 7.96. The molecule has 124 valence electrons. The second kappa shape index (κ2) is 6.85. The Bertz CT molecular complexity index is 608. The maximum Gasteiger partial charge on any atom is 0.244 e. The Hall–Kier alpha value is -1.31. The van der Waals surface area contributed by atoms with Gasteiger partial charge in [0.2, 0.25) is 10.0 Å². The molecule has 0 bridgehead atoms. The predicted octanol–water partition coefficient (Wildman–Crippen LogP) is 1.05. The fraction of sp³-hybridized carbons (Fsp3) is 0.600. The Morgan fingerprint density at radius 3 is 2.36 bits per heavy atom. The van der Waals surface area contributed by atoms with Gasteiger partial charge in [-0.25, -0.2) is 12.7 Å². The minimum absolute atomic E-state index is 0.293. The Balaban J connectivity index is 2.29. The molecule has 0 unspecified atom stereocenters. The molecule has 1 heterocycles. The van der Waals surface area contributed by atoms with Crippen LogP contribution < -0.4 is 10.6 Å². The molecule has 0 spiro atoms. The molecule has 1 aromatic rings. The van der Waals surface area contributed by atoms with Gasteiger partial charge >= 0.3 is 0 Å².